The quantitative estimate of drug-likeness (QED) is 0.814. The van der Waals surface area contributed by atoms with Crippen molar-refractivity contribution in [2.24, 2.45) is 12.8 Å². The van der Waals surface area contributed by atoms with Gasteiger partial charge in [0.25, 0.3) is 0 Å². The Kier molecular flexibility index (Phi) is 3.57. The van der Waals surface area contributed by atoms with Crippen molar-refractivity contribution in [1.82, 2.24) is 14.8 Å². The van der Waals surface area contributed by atoms with Crippen LogP contribution >= 0.6 is 12.2 Å². The molecule has 2 aromatic rings. The van der Waals surface area contributed by atoms with Gasteiger partial charge >= 0.3 is 0 Å². The maximum Gasteiger partial charge on any atom is 0.134 e. The molecule has 0 radical (unpaired) electrons. The molecule has 2 aromatic heterocycles. The number of hydrogen-bond donors (Lipinski definition) is 2. The van der Waals surface area contributed by atoms with Gasteiger partial charge in [0.05, 0.1) is 11.3 Å². The normalized spacial score (nSPS) is 10.3. The highest BCUT2D eigenvalue weighted by Crippen LogP contribution is 2.19. The van der Waals surface area contributed by atoms with E-state index in [0.717, 1.165) is 22.6 Å². The maximum atomic E-state index is 5.72. The van der Waals surface area contributed by atoms with Crippen molar-refractivity contribution in [3.63, 3.8) is 0 Å². The molecule has 0 aliphatic rings. The van der Waals surface area contributed by atoms with Crippen molar-refractivity contribution < 1.29 is 0 Å². The van der Waals surface area contributed by atoms with E-state index in [1.165, 1.54) is 0 Å². The van der Waals surface area contributed by atoms with E-state index in [2.05, 4.69) is 15.4 Å². The molecule has 0 aliphatic carbocycles. The summed E-state index contributed by atoms with van der Waals surface area (Å²) in [6.07, 6.45) is 3.56. The highest BCUT2D eigenvalue weighted by Gasteiger charge is 2.14. The van der Waals surface area contributed by atoms with Gasteiger partial charge in [-0.3, -0.25) is 9.67 Å². The fraction of sp³-hybridized carbons (Fsp3) is 0.250. The van der Waals surface area contributed by atoms with E-state index in [9.17, 15) is 0 Å². The van der Waals surface area contributed by atoms with Gasteiger partial charge in [-0.25, -0.2) is 0 Å². The van der Waals surface area contributed by atoms with Crippen molar-refractivity contribution in [3.05, 3.63) is 41.3 Å². The summed E-state index contributed by atoms with van der Waals surface area (Å²) >= 11 is 5.05. The summed E-state index contributed by atoms with van der Waals surface area (Å²) in [4.78, 5) is 4.43. The molecular formula is C12H15N5S. The molecule has 18 heavy (non-hydrogen) atoms. The Bertz CT molecular complexity index is 561. The highest BCUT2D eigenvalue weighted by molar-refractivity contribution is 7.80. The predicted molar refractivity (Wildman–Crippen MR) is 75.4 cm³/mol. The summed E-state index contributed by atoms with van der Waals surface area (Å²) in [7, 11) is 1.86. The Morgan fingerprint density at radius 1 is 1.56 bits per heavy atom. The molecule has 0 atom stereocenters. The summed E-state index contributed by atoms with van der Waals surface area (Å²) in [5.74, 6) is 0.837. The van der Waals surface area contributed by atoms with Crippen LogP contribution in [-0.2, 0) is 13.6 Å². The molecule has 6 heteroatoms. The third kappa shape index (κ3) is 2.48. The van der Waals surface area contributed by atoms with Crippen LogP contribution in [0.25, 0.3) is 0 Å². The van der Waals surface area contributed by atoms with Crippen LogP contribution in [-0.4, -0.2) is 19.8 Å². The summed E-state index contributed by atoms with van der Waals surface area (Å²) in [6, 6.07) is 3.91. The number of rotatable bonds is 4. The molecule has 3 N–H and O–H groups in total. The molecule has 0 saturated carbocycles. The lowest BCUT2D eigenvalue weighted by molar-refractivity contribution is 0.758. The minimum Gasteiger partial charge on any atom is -0.389 e. The van der Waals surface area contributed by atoms with E-state index in [1.54, 1.807) is 10.9 Å². The topological polar surface area (TPSA) is 68.8 Å². The SMILES string of the molecule is Cc1nn(C)c(NCc2cccnc2)c1C(N)=S. The average molecular weight is 261 g/mol. The van der Waals surface area contributed by atoms with Gasteiger partial charge < -0.3 is 11.1 Å². The van der Waals surface area contributed by atoms with E-state index in [0.29, 0.717) is 11.5 Å². The van der Waals surface area contributed by atoms with Crippen LogP contribution in [0.4, 0.5) is 5.82 Å². The lowest BCUT2D eigenvalue weighted by atomic mass is 10.2. The molecule has 0 saturated heterocycles. The largest absolute Gasteiger partial charge is 0.389 e. The third-order valence-corrected chi connectivity index (χ3v) is 2.86. The Morgan fingerprint density at radius 3 is 2.94 bits per heavy atom. The molecular weight excluding hydrogens is 246 g/mol. The predicted octanol–water partition coefficient (Wildman–Crippen LogP) is 1.37. The van der Waals surface area contributed by atoms with E-state index in [-0.39, 0.29) is 0 Å². The van der Waals surface area contributed by atoms with E-state index < -0.39 is 0 Å². The number of pyridine rings is 1. The van der Waals surface area contributed by atoms with Crippen LogP contribution in [0, 0.1) is 6.92 Å². The second-order valence-corrected chi connectivity index (χ2v) is 4.45. The lowest BCUT2D eigenvalue weighted by Gasteiger charge is -2.08. The number of aryl methyl sites for hydroxylation is 2. The molecule has 0 aromatic carbocycles. The summed E-state index contributed by atoms with van der Waals surface area (Å²) in [5.41, 5.74) is 8.45. The van der Waals surface area contributed by atoms with Gasteiger partial charge in [0, 0.05) is 26.0 Å². The van der Waals surface area contributed by atoms with Crippen molar-refractivity contribution >= 4 is 23.0 Å². The van der Waals surface area contributed by atoms with Gasteiger partial charge in [0.1, 0.15) is 10.8 Å². The summed E-state index contributed by atoms with van der Waals surface area (Å²) < 4.78 is 1.75. The highest BCUT2D eigenvalue weighted by atomic mass is 32.1. The zero-order chi connectivity index (χ0) is 13.1. The van der Waals surface area contributed by atoms with Crippen LogP contribution in [0.1, 0.15) is 16.8 Å². The van der Waals surface area contributed by atoms with Gasteiger partial charge in [0.2, 0.25) is 0 Å². The minimum atomic E-state index is 0.356. The number of anilines is 1. The number of thiocarbonyl (C=S) groups is 1. The van der Waals surface area contributed by atoms with Crippen molar-refractivity contribution in [2.45, 2.75) is 13.5 Å². The second-order valence-electron chi connectivity index (χ2n) is 4.01. The van der Waals surface area contributed by atoms with Gasteiger partial charge in [0.15, 0.2) is 0 Å². The first kappa shape index (κ1) is 12.5. The van der Waals surface area contributed by atoms with E-state index >= 15 is 0 Å². The Balaban J connectivity index is 2.22. The van der Waals surface area contributed by atoms with Crippen LogP contribution in [0.15, 0.2) is 24.5 Å². The standard InChI is InChI=1S/C12H15N5S/c1-8-10(11(13)18)12(17(2)16-8)15-7-9-4-3-5-14-6-9/h3-6,15H,7H2,1-2H3,(H2,13,18). The van der Waals surface area contributed by atoms with Crippen LogP contribution in [0.5, 0.6) is 0 Å². The zero-order valence-corrected chi connectivity index (χ0v) is 11.2. The molecule has 0 amide bonds. The first-order valence-electron chi connectivity index (χ1n) is 5.55. The molecule has 0 spiro atoms. The van der Waals surface area contributed by atoms with Crippen molar-refractivity contribution in [3.8, 4) is 0 Å². The Labute approximate surface area is 111 Å². The Morgan fingerprint density at radius 2 is 2.33 bits per heavy atom. The molecule has 0 unspecified atom stereocenters. The first-order chi connectivity index (χ1) is 8.59. The molecule has 5 nitrogen and oxygen atoms in total. The molecule has 94 valence electrons. The first-order valence-corrected chi connectivity index (χ1v) is 5.96. The summed E-state index contributed by atoms with van der Waals surface area (Å²) in [5, 5.41) is 7.61. The minimum absolute atomic E-state index is 0.356. The number of hydrogen-bond acceptors (Lipinski definition) is 4. The number of nitrogens with one attached hydrogen (secondary N) is 1. The molecule has 2 heterocycles. The van der Waals surface area contributed by atoms with E-state index in [1.807, 2.05) is 32.3 Å². The fourth-order valence-corrected chi connectivity index (χ4v) is 2.09. The maximum absolute atomic E-state index is 5.72. The van der Waals surface area contributed by atoms with Crippen LogP contribution < -0.4 is 11.1 Å². The smallest absolute Gasteiger partial charge is 0.134 e. The number of aromatic nitrogens is 3. The third-order valence-electron chi connectivity index (χ3n) is 2.65. The molecule has 0 bridgehead atoms. The van der Waals surface area contributed by atoms with Crippen LogP contribution in [0.2, 0.25) is 0 Å². The van der Waals surface area contributed by atoms with Crippen LogP contribution in [0.3, 0.4) is 0 Å². The summed E-state index contributed by atoms with van der Waals surface area (Å²) in [6.45, 7) is 2.55. The second kappa shape index (κ2) is 5.14. The Hall–Kier alpha value is -1.95. The molecule has 2 rings (SSSR count). The van der Waals surface area contributed by atoms with Gasteiger partial charge in [-0.1, -0.05) is 18.3 Å². The molecule has 0 aliphatic heterocycles. The fourth-order valence-electron chi connectivity index (χ4n) is 1.84. The average Bonchev–Trinajstić information content (AvgIpc) is 2.62. The van der Waals surface area contributed by atoms with Gasteiger partial charge in [-0.05, 0) is 18.6 Å². The monoisotopic (exact) mass is 261 g/mol. The lowest BCUT2D eigenvalue weighted by Crippen LogP contribution is -2.14. The van der Waals surface area contributed by atoms with Gasteiger partial charge in [-0.2, -0.15) is 5.10 Å². The van der Waals surface area contributed by atoms with Gasteiger partial charge in [-0.15, -0.1) is 0 Å². The molecule has 0 fully saturated rings. The van der Waals surface area contributed by atoms with Crippen molar-refractivity contribution in [1.29, 1.82) is 0 Å². The number of nitrogens with two attached hydrogens (primary N) is 1. The van der Waals surface area contributed by atoms with E-state index in [4.69, 9.17) is 18.0 Å². The number of nitrogens with zero attached hydrogens (tertiary/aromatic N) is 3. The zero-order valence-electron chi connectivity index (χ0n) is 10.3. The van der Waals surface area contributed by atoms with Crippen molar-refractivity contribution in [2.75, 3.05) is 5.32 Å².